The molecule has 0 bridgehead atoms. The summed E-state index contributed by atoms with van der Waals surface area (Å²) in [5.41, 5.74) is 0. The quantitative estimate of drug-likeness (QED) is 0.526. The minimum atomic E-state index is -0.361. The second kappa shape index (κ2) is 7.03. The van der Waals surface area contributed by atoms with Gasteiger partial charge in [0, 0.05) is 13.7 Å². The van der Waals surface area contributed by atoms with Gasteiger partial charge in [-0.15, -0.1) is 0 Å². The molecule has 2 heteroatoms. The van der Waals surface area contributed by atoms with Crippen molar-refractivity contribution in [2.45, 2.75) is 38.7 Å². The number of hydrogen-bond acceptors (Lipinski definition) is 1. The molecule has 1 radical (unpaired) electrons. The number of ether oxygens (including phenoxy) is 1. The Bertz CT molecular complexity index is 64.3. The van der Waals surface area contributed by atoms with Crippen molar-refractivity contribution < 1.29 is 9.84 Å². The molecule has 0 saturated carbocycles. The monoisotopic (exact) mass is 145 g/mol. The van der Waals surface area contributed by atoms with Crippen molar-refractivity contribution in [1.29, 1.82) is 0 Å². The van der Waals surface area contributed by atoms with E-state index in [1.54, 1.807) is 7.11 Å². The highest BCUT2D eigenvalue weighted by molar-refractivity contribution is 4.53. The lowest BCUT2D eigenvalue weighted by Crippen LogP contribution is -2.04. The van der Waals surface area contributed by atoms with Crippen LogP contribution in [-0.4, -0.2) is 19.8 Å². The van der Waals surface area contributed by atoms with Crippen LogP contribution in [0.4, 0.5) is 0 Å². The largest absolute Gasteiger partial charge is 0.385 e. The summed E-state index contributed by atoms with van der Waals surface area (Å²) in [4.78, 5) is 0. The van der Waals surface area contributed by atoms with Crippen molar-refractivity contribution in [1.82, 2.24) is 0 Å². The Morgan fingerprint density at radius 1 is 1.40 bits per heavy atom. The molecule has 0 aromatic carbocycles. The molecule has 1 atom stereocenters. The van der Waals surface area contributed by atoms with E-state index in [4.69, 9.17) is 4.74 Å². The summed E-state index contributed by atoms with van der Waals surface area (Å²) in [7, 11) is 1.67. The van der Waals surface area contributed by atoms with E-state index >= 15 is 0 Å². The van der Waals surface area contributed by atoms with E-state index in [0.717, 1.165) is 32.3 Å². The summed E-state index contributed by atoms with van der Waals surface area (Å²) in [6.45, 7) is 2.77. The smallest absolute Gasteiger partial charge is 0.0930 e. The van der Waals surface area contributed by atoms with Crippen LogP contribution in [0.2, 0.25) is 0 Å². The molecule has 0 spiro atoms. The Morgan fingerprint density at radius 3 is 2.60 bits per heavy atom. The van der Waals surface area contributed by atoms with Gasteiger partial charge in [-0.3, -0.25) is 0 Å². The van der Waals surface area contributed by atoms with Gasteiger partial charge in [-0.05, 0) is 19.3 Å². The first-order valence-electron chi connectivity index (χ1n) is 3.96. The molecular weight excluding hydrogens is 128 g/mol. The number of rotatable bonds is 6. The van der Waals surface area contributed by atoms with Crippen LogP contribution in [-0.2, 0) is 9.84 Å². The normalized spacial score (nSPS) is 13.5. The molecule has 0 heterocycles. The minimum Gasteiger partial charge on any atom is -0.385 e. The molecule has 0 aliphatic heterocycles. The van der Waals surface area contributed by atoms with Crippen molar-refractivity contribution in [2.75, 3.05) is 13.7 Å². The van der Waals surface area contributed by atoms with Crippen molar-refractivity contribution in [2.24, 2.45) is 0 Å². The topological polar surface area (TPSA) is 29.1 Å². The zero-order chi connectivity index (χ0) is 7.82. The van der Waals surface area contributed by atoms with Crippen LogP contribution < -0.4 is 0 Å². The molecule has 0 amide bonds. The van der Waals surface area contributed by atoms with Crippen molar-refractivity contribution in [3.05, 3.63) is 0 Å². The van der Waals surface area contributed by atoms with Gasteiger partial charge >= 0.3 is 0 Å². The lowest BCUT2D eigenvalue weighted by atomic mass is 10.1. The van der Waals surface area contributed by atoms with Crippen molar-refractivity contribution >= 4 is 0 Å². The molecule has 0 N–H and O–H groups in total. The van der Waals surface area contributed by atoms with Gasteiger partial charge in [0.05, 0.1) is 6.10 Å². The molecule has 0 aromatic heterocycles. The van der Waals surface area contributed by atoms with E-state index in [2.05, 4.69) is 0 Å². The molecule has 2 nitrogen and oxygen atoms in total. The van der Waals surface area contributed by atoms with E-state index in [0.29, 0.717) is 0 Å². The van der Waals surface area contributed by atoms with Crippen LogP contribution in [0.15, 0.2) is 0 Å². The number of methoxy groups -OCH3 is 1. The minimum absolute atomic E-state index is 0.361. The molecule has 0 aliphatic carbocycles. The molecule has 0 saturated heterocycles. The number of hydrogen-bond donors (Lipinski definition) is 0. The van der Waals surface area contributed by atoms with Gasteiger partial charge in [0.1, 0.15) is 0 Å². The molecule has 0 aliphatic rings. The summed E-state index contributed by atoms with van der Waals surface area (Å²) in [5.74, 6) is 0. The third kappa shape index (κ3) is 6.05. The fourth-order valence-electron chi connectivity index (χ4n) is 0.922. The maximum absolute atomic E-state index is 10.9. The fraction of sp³-hybridized carbons (Fsp3) is 1.00. The molecule has 0 fully saturated rings. The van der Waals surface area contributed by atoms with Gasteiger partial charge in [0.25, 0.3) is 0 Å². The third-order valence-corrected chi connectivity index (χ3v) is 1.49. The van der Waals surface area contributed by atoms with Crippen LogP contribution in [0.25, 0.3) is 0 Å². The standard InChI is InChI=1S/C8H17O2/c1-3-5-8(9)6-4-7-10-2/h8H,3-7H2,1-2H3. The van der Waals surface area contributed by atoms with Crippen LogP contribution in [0.1, 0.15) is 32.6 Å². The Labute approximate surface area is 63.2 Å². The van der Waals surface area contributed by atoms with Crippen molar-refractivity contribution in [3.63, 3.8) is 0 Å². The predicted octanol–water partition coefficient (Wildman–Crippen LogP) is 2.01. The zero-order valence-electron chi connectivity index (χ0n) is 6.93. The van der Waals surface area contributed by atoms with Gasteiger partial charge in [0.2, 0.25) is 0 Å². The van der Waals surface area contributed by atoms with E-state index < -0.39 is 0 Å². The maximum Gasteiger partial charge on any atom is 0.0930 e. The van der Waals surface area contributed by atoms with Gasteiger partial charge in [0.15, 0.2) is 0 Å². The van der Waals surface area contributed by atoms with E-state index in [1.807, 2.05) is 6.92 Å². The second-order valence-electron chi connectivity index (χ2n) is 2.55. The molecule has 0 rings (SSSR count). The van der Waals surface area contributed by atoms with Gasteiger partial charge in [-0.1, -0.05) is 13.3 Å². The highest BCUT2D eigenvalue weighted by Gasteiger charge is 2.02. The highest BCUT2D eigenvalue weighted by atomic mass is 16.5. The summed E-state index contributed by atoms with van der Waals surface area (Å²) >= 11 is 0. The van der Waals surface area contributed by atoms with Crippen LogP contribution in [0.5, 0.6) is 0 Å². The Hall–Kier alpha value is -0.0800. The highest BCUT2D eigenvalue weighted by Crippen LogP contribution is 2.04. The van der Waals surface area contributed by atoms with E-state index in [1.165, 1.54) is 0 Å². The zero-order valence-corrected chi connectivity index (χ0v) is 6.93. The first-order chi connectivity index (χ1) is 4.81. The predicted molar refractivity (Wildman–Crippen MR) is 40.5 cm³/mol. The summed E-state index contributed by atoms with van der Waals surface area (Å²) < 4.78 is 4.83. The molecular formula is C8H17O2. The van der Waals surface area contributed by atoms with Crippen LogP contribution in [0, 0.1) is 0 Å². The first-order valence-corrected chi connectivity index (χ1v) is 3.96. The summed E-state index contributed by atoms with van der Waals surface area (Å²) in [6.07, 6.45) is 3.12. The van der Waals surface area contributed by atoms with Crippen molar-refractivity contribution in [3.8, 4) is 0 Å². The average molecular weight is 145 g/mol. The summed E-state index contributed by atoms with van der Waals surface area (Å²) in [6, 6.07) is 0. The molecule has 1 unspecified atom stereocenters. The maximum atomic E-state index is 10.9. The molecule has 0 aromatic rings. The van der Waals surface area contributed by atoms with Gasteiger partial charge < -0.3 is 4.74 Å². The third-order valence-electron chi connectivity index (χ3n) is 1.49. The second-order valence-corrected chi connectivity index (χ2v) is 2.55. The molecule has 61 valence electrons. The Kier molecular flexibility index (Phi) is 6.98. The SMILES string of the molecule is CCCC([O])CCCOC. The molecule has 10 heavy (non-hydrogen) atoms. The van der Waals surface area contributed by atoms with Crippen LogP contribution >= 0.6 is 0 Å². The van der Waals surface area contributed by atoms with Gasteiger partial charge in [-0.25, -0.2) is 5.11 Å². The summed E-state index contributed by atoms with van der Waals surface area (Å²) in [5, 5.41) is 10.9. The lowest BCUT2D eigenvalue weighted by Gasteiger charge is -2.04. The van der Waals surface area contributed by atoms with Gasteiger partial charge in [-0.2, -0.15) is 0 Å². The Balaban J connectivity index is 2.97. The fourth-order valence-corrected chi connectivity index (χ4v) is 0.922. The first kappa shape index (κ1) is 9.92. The lowest BCUT2D eigenvalue weighted by molar-refractivity contribution is 0.0629. The Morgan fingerprint density at radius 2 is 2.10 bits per heavy atom. The van der Waals surface area contributed by atoms with Crippen LogP contribution in [0.3, 0.4) is 0 Å². The van der Waals surface area contributed by atoms with E-state index in [9.17, 15) is 5.11 Å². The van der Waals surface area contributed by atoms with E-state index in [-0.39, 0.29) is 6.10 Å². The average Bonchev–Trinajstić information content (AvgIpc) is 1.89.